The van der Waals surface area contributed by atoms with Crippen LogP contribution in [0.25, 0.3) is 0 Å². The van der Waals surface area contributed by atoms with Crippen LogP contribution in [0.3, 0.4) is 0 Å². The van der Waals surface area contributed by atoms with E-state index in [1.165, 1.54) is 0 Å². The smallest absolute Gasteiger partial charge is 0.264 e. The molecule has 2 heterocycles. The number of hydrogen-bond acceptors (Lipinski definition) is 4. The topological polar surface area (TPSA) is 71.0 Å². The van der Waals surface area contributed by atoms with Crippen molar-refractivity contribution >= 4 is 40.7 Å². The zero-order valence-electron chi connectivity index (χ0n) is 14.3. The first kappa shape index (κ1) is 19.0. The highest BCUT2D eigenvalue weighted by atomic mass is 35.5. The van der Waals surface area contributed by atoms with Crippen LogP contribution >= 0.6 is 23.2 Å². The molecule has 0 unspecified atom stereocenters. The van der Waals surface area contributed by atoms with Gasteiger partial charge in [0, 0.05) is 43.1 Å². The first-order chi connectivity index (χ1) is 12.5. The van der Waals surface area contributed by atoms with E-state index in [9.17, 15) is 9.59 Å². The molecule has 0 spiro atoms. The van der Waals surface area contributed by atoms with Crippen LogP contribution in [-0.2, 0) is 14.4 Å². The van der Waals surface area contributed by atoms with Crippen molar-refractivity contribution in [1.82, 2.24) is 10.2 Å². The Morgan fingerprint density at radius 2 is 2.15 bits per heavy atom. The number of nitrogens with zero attached hydrogens (tertiary/aromatic N) is 2. The highest BCUT2D eigenvalue weighted by molar-refractivity contribution is 6.37. The SMILES string of the molecule is O=C(NCCN1CCCCCC1=O)[C@H]1CC(c2ccc(Cl)cc2Cl)=NO1. The van der Waals surface area contributed by atoms with E-state index in [0.717, 1.165) is 25.8 Å². The van der Waals surface area contributed by atoms with E-state index in [-0.39, 0.29) is 11.8 Å². The zero-order chi connectivity index (χ0) is 18.5. The van der Waals surface area contributed by atoms with E-state index < -0.39 is 6.10 Å². The van der Waals surface area contributed by atoms with Gasteiger partial charge in [0.25, 0.3) is 5.91 Å². The maximum absolute atomic E-state index is 12.3. The number of carbonyl (C=O) groups is 2. The fourth-order valence-corrected chi connectivity index (χ4v) is 3.62. The molecule has 1 aromatic rings. The van der Waals surface area contributed by atoms with Crippen molar-refractivity contribution in [3.63, 3.8) is 0 Å². The highest BCUT2D eigenvalue weighted by Crippen LogP contribution is 2.26. The summed E-state index contributed by atoms with van der Waals surface area (Å²) >= 11 is 12.1. The Morgan fingerprint density at radius 1 is 1.31 bits per heavy atom. The number of rotatable bonds is 5. The molecule has 0 saturated carbocycles. The van der Waals surface area contributed by atoms with Gasteiger partial charge in [-0.05, 0) is 25.0 Å². The summed E-state index contributed by atoms with van der Waals surface area (Å²) in [4.78, 5) is 31.3. The summed E-state index contributed by atoms with van der Waals surface area (Å²) in [5.74, 6) is -0.0760. The van der Waals surface area contributed by atoms with Gasteiger partial charge in [0.1, 0.15) is 0 Å². The molecule has 140 valence electrons. The fourth-order valence-electron chi connectivity index (χ4n) is 3.10. The van der Waals surface area contributed by atoms with E-state index in [1.54, 1.807) is 18.2 Å². The maximum Gasteiger partial charge on any atom is 0.264 e. The first-order valence-electron chi connectivity index (χ1n) is 8.78. The minimum Gasteiger partial charge on any atom is -0.382 e. The Labute approximate surface area is 162 Å². The number of benzene rings is 1. The molecule has 2 aliphatic rings. The molecule has 0 bridgehead atoms. The van der Waals surface area contributed by atoms with Gasteiger partial charge in [-0.3, -0.25) is 9.59 Å². The molecule has 0 aliphatic carbocycles. The third kappa shape index (κ3) is 4.68. The van der Waals surface area contributed by atoms with E-state index in [0.29, 0.717) is 47.3 Å². The molecule has 1 atom stereocenters. The summed E-state index contributed by atoms with van der Waals surface area (Å²) in [6.45, 7) is 1.69. The standard InChI is InChI=1S/C18H21Cl2N3O3/c19-12-5-6-13(14(20)10-12)15-11-16(26-22-15)18(25)21-7-9-23-8-3-1-2-4-17(23)24/h5-6,10,16H,1-4,7-9,11H2,(H,21,25)/t16-/m1/s1. The number of carbonyl (C=O) groups excluding carboxylic acids is 2. The quantitative estimate of drug-likeness (QED) is 0.829. The van der Waals surface area contributed by atoms with Gasteiger partial charge in [-0.15, -0.1) is 0 Å². The predicted octanol–water partition coefficient (Wildman–Crippen LogP) is 3.01. The lowest BCUT2D eigenvalue weighted by atomic mass is 10.0. The summed E-state index contributed by atoms with van der Waals surface area (Å²) in [7, 11) is 0. The van der Waals surface area contributed by atoms with Crippen LogP contribution in [0.5, 0.6) is 0 Å². The summed E-state index contributed by atoms with van der Waals surface area (Å²) in [6.07, 6.45) is 3.30. The monoisotopic (exact) mass is 397 g/mol. The van der Waals surface area contributed by atoms with Crippen LogP contribution in [0.4, 0.5) is 0 Å². The van der Waals surface area contributed by atoms with Crippen molar-refractivity contribution in [2.45, 2.75) is 38.2 Å². The Kier molecular flexibility index (Phi) is 6.38. The Morgan fingerprint density at radius 3 is 2.96 bits per heavy atom. The normalized spacial score (nSPS) is 20.4. The van der Waals surface area contributed by atoms with Crippen LogP contribution in [-0.4, -0.2) is 48.2 Å². The van der Waals surface area contributed by atoms with Gasteiger partial charge < -0.3 is 15.1 Å². The summed E-state index contributed by atoms with van der Waals surface area (Å²) < 4.78 is 0. The second kappa shape index (κ2) is 8.73. The number of nitrogens with one attached hydrogen (secondary N) is 1. The van der Waals surface area contributed by atoms with Gasteiger partial charge in [0.2, 0.25) is 12.0 Å². The number of amides is 2. The van der Waals surface area contributed by atoms with Crippen molar-refractivity contribution in [2.24, 2.45) is 5.16 Å². The van der Waals surface area contributed by atoms with E-state index >= 15 is 0 Å². The van der Waals surface area contributed by atoms with Gasteiger partial charge in [0.05, 0.1) is 10.7 Å². The molecule has 1 fully saturated rings. The van der Waals surface area contributed by atoms with Crippen LogP contribution in [0, 0.1) is 0 Å². The second-order valence-electron chi connectivity index (χ2n) is 6.44. The second-order valence-corrected chi connectivity index (χ2v) is 7.29. The lowest BCUT2D eigenvalue weighted by Gasteiger charge is -2.20. The van der Waals surface area contributed by atoms with Crippen molar-refractivity contribution in [2.75, 3.05) is 19.6 Å². The summed E-state index contributed by atoms with van der Waals surface area (Å²) in [6, 6.07) is 5.11. The van der Waals surface area contributed by atoms with E-state index in [1.807, 2.05) is 4.90 Å². The molecule has 1 saturated heterocycles. The Balaban J connectivity index is 1.47. The van der Waals surface area contributed by atoms with E-state index in [4.69, 9.17) is 28.0 Å². The molecular weight excluding hydrogens is 377 g/mol. The largest absolute Gasteiger partial charge is 0.382 e. The summed E-state index contributed by atoms with van der Waals surface area (Å²) in [5.41, 5.74) is 1.33. The van der Waals surface area contributed by atoms with Crippen molar-refractivity contribution < 1.29 is 14.4 Å². The lowest BCUT2D eigenvalue weighted by Crippen LogP contribution is -2.41. The Bertz CT molecular complexity index is 724. The molecule has 6 nitrogen and oxygen atoms in total. The van der Waals surface area contributed by atoms with Crippen molar-refractivity contribution in [1.29, 1.82) is 0 Å². The zero-order valence-corrected chi connectivity index (χ0v) is 15.9. The van der Waals surface area contributed by atoms with Gasteiger partial charge >= 0.3 is 0 Å². The third-order valence-electron chi connectivity index (χ3n) is 4.56. The average molecular weight is 398 g/mol. The van der Waals surface area contributed by atoms with Crippen molar-refractivity contribution in [3.05, 3.63) is 33.8 Å². The van der Waals surface area contributed by atoms with Crippen LogP contribution < -0.4 is 5.32 Å². The van der Waals surface area contributed by atoms with Crippen LogP contribution in [0.1, 0.15) is 37.7 Å². The highest BCUT2D eigenvalue weighted by Gasteiger charge is 2.29. The van der Waals surface area contributed by atoms with Gasteiger partial charge in [-0.25, -0.2) is 0 Å². The number of hydrogen-bond donors (Lipinski definition) is 1. The molecule has 26 heavy (non-hydrogen) atoms. The molecule has 2 aliphatic heterocycles. The molecular formula is C18H21Cl2N3O3. The molecule has 3 rings (SSSR count). The number of halogens is 2. The number of likely N-dealkylation sites (tertiary alicyclic amines) is 1. The van der Waals surface area contributed by atoms with E-state index in [2.05, 4.69) is 10.5 Å². The van der Waals surface area contributed by atoms with Crippen LogP contribution in [0.2, 0.25) is 10.0 Å². The van der Waals surface area contributed by atoms with Gasteiger partial charge in [-0.1, -0.05) is 40.8 Å². The molecule has 0 radical (unpaired) electrons. The number of oxime groups is 1. The minimum absolute atomic E-state index is 0.164. The minimum atomic E-state index is -0.684. The third-order valence-corrected chi connectivity index (χ3v) is 5.10. The average Bonchev–Trinajstić information content (AvgIpc) is 3.00. The molecule has 1 aromatic carbocycles. The molecule has 1 N–H and O–H groups in total. The fraction of sp³-hybridized carbons (Fsp3) is 0.500. The maximum atomic E-state index is 12.3. The van der Waals surface area contributed by atoms with Crippen molar-refractivity contribution in [3.8, 4) is 0 Å². The van der Waals surface area contributed by atoms with Gasteiger partial charge in [-0.2, -0.15) is 0 Å². The summed E-state index contributed by atoms with van der Waals surface area (Å²) in [5, 5.41) is 7.82. The molecule has 0 aromatic heterocycles. The lowest BCUT2D eigenvalue weighted by molar-refractivity contribution is -0.133. The van der Waals surface area contributed by atoms with Gasteiger partial charge in [0.15, 0.2) is 0 Å². The molecule has 2 amide bonds. The predicted molar refractivity (Wildman–Crippen MR) is 101 cm³/mol. The molecule has 8 heteroatoms. The Hall–Kier alpha value is -1.79. The van der Waals surface area contributed by atoms with Crippen LogP contribution in [0.15, 0.2) is 23.4 Å². The first-order valence-corrected chi connectivity index (χ1v) is 9.54.